The van der Waals surface area contributed by atoms with E-state index in [0.717, 1.165) is 0 Å². The highest BCUT2D eigenvalue weighted by Crippen LogP contribution is 2.36. The van der Waals surface area contributed by atoms with Gasteiger partial charge in [-0.05, 0) is 45.0 Å². The molecule has 0 radical (unpaired) electrons. The van der Waals surface area contributed by atoms with Crippen LogP contribution in [0.3, 0.4) is 0 Å². The third-order valence-corrected chi connectivity index (χ3v) is 3.82. The zero-order chi connectivity index (χ0) is 17.9. The van der Waals surface area contributed by atoms with Crippen LogP contribution in [-0.4, -0.2) is 24.0 Å². The monoisotopic (exact) mass is 369 g/mol. The molecule has 0 aliphatic rings. The number of esters is 1. The topological polar surface area (TPSA) is 59.8 Å². The Bertz CT molecular complexity index is 708. The third-order valence-electron chi connectivity index (χ3n) is 3.21. The molecule has 1 aromatic heterocycles. The number of para-hydroxylation sites is 1. The number of halogens is 2. The number of benzene rings is 1. The Balaban J connectivity index is 2.49. The van der Waals surface area contributed by atoms with Gasteiger partial charge >= 0.3 is 5.97 Å². The van der Waals surface area contributed by atoms with Crippen molar-refractivity contribution in [1.82, 2.24) is 0 Å². The Morgan fingerprint density at radius 2 is 1.71 bits per heavy atom. The lowest BCUT2D eigenvalue weighted by Gasteiger charge is -2.29. The minimum atomic E-state index is -0.942. The Hall–Kier alpha value is -1.98. The highest BCUT2D eigenvalue weighted by Gasteiger charge is 2.33. The van der Waals surface area contributed by atoms with Gasteiger partial charge in [0.15, 0.2) is 5.76 Å². The van der Waals surface area contributed by atoms with Crippen molar-refractivity contribution in [3.8, 4) is 0 Å². The molecule has 1 amide bonds. The van der Waals surface area contributed by atoms with Crippen molar-refractivity contribution in [2.75, 3.05) is 4.90 Å². The van der Waals surface area contributed by atoms with Gasteiger partial charge in [0, 0.05) is 0 Å². The molecule has 0 aliphatic carbocycles. The van der Waals surface area contributed by atoms with Gasteiger partial charge in [0.25, 0.3) is 5.91 Å². The highest BCUT2D eigenvalue weighted by molar-refractivity contribution is 6.40. The first-order chi connectivity index (χ1) is 11.3. The van der Waals surface area contributed by atoms with Crippen molar-refractivity contribution in [2.24, 2.45) is 0 Å². The minimum Gasteiger partial charge on any atom is -0.461 e. The molecule has 1 atom stereocenters. The maximum Gasteiger partial charge on any atom is 0.329 e. The van der Waals surface area contributed by atoms with E-state index in [1.165, 1.54) is 17.2 Å². The average molecular weight is 370 g/mol. The minimum absolute atomic E-state index is 0.0650. The molecule has 0 fully saturated rings. The Morgan fingerprint density at radius 3 is 2.21 bits per heavy atom. The first-order valence-electron chi connectivity index (χ1n) is 7.34. The summed E-state index contributed by atoms with van der Waals surface area (Å²) in [5.41, 5.74) is 0.232. The highest BCUT2D eigenvalue weighted by atomic mass is 35.5. The van der Waals surface area contributed by atoms with E-state index in [1.54, 1.807) is 45.0 Å². The molecule has 0 N–H and O–H groups in total. The fourth-order valence-corrected chi connectivity index (χ4v) is 2.72. The zero-order valence-electron chi connectivity index (χ0n) is 13.5. The standard InChI is InChI=1S/C17H17Cl2NO4/c1-10(2)24-17(22)11(3)20(16(21)14-8-5-9-23-14)15-12(18)6-4-7-13(15)19/h4-11H,1-3H3/t11-/m0/s1. The van der Waals surface area contributed by atoms with Gasteiger partial charge in [0.1, 0.15) is 6.04 Å². The molecule has 7 heteroatoms. The molecule has 5 nitrogen and oxygen atoms in total. The van der Waals surface area contributed by atoms with E-state index in [9.17, 15) is 9.59 Å². The number of ether oxygens (including phenoxy) is 1. The van der Waals surface area contributed by atoms with E-state index in [-0.39, 0.29) is 27.6 Å². The van der Waals surface area contributed by atoms with Crippen LogP contribution in [0.1, 0.15) is 31.3 Å². The van der Waals surface area contributed by atoms with E-state index >= 15 is 0 Å². The van der Waals surface area contributed by atoms with E-state index in [0.29, 0.717) is 0 Å². The van der Waals surface area contributed by atoms with Crippen LogP contribution in [0, 0.1) is 0 Å². The summed E-state index contributed by atoms with van der Waals surface area (Å²) in [4.78, 5) is 26.4. The van der Waals surface area contributed by atoms with E-state index < -0.39 is 17.9 Å². The Labute approximate surface area is 150 Å². The van der Waals surface area contributed by atoms with Crippen molar-refractivity contribution in [1.29, 1.82) is 0 Å². The van der Waals surface area contributed by atoms with Crippen LogP contribution >= 0.6 is 23.2 Å². The van der Waals surface area contributed by atoms with Crippen molar-refractivity contribution in [3.63, 3.8) is 0 Å². The van der Waals surface area contributed by atoms with Crippen LogP contribution in [0.2, 0.25) is 10.0 Å². The van der Waals surface area contributed by atoms with E-state index in [1.807, 2.05) is 0 Å². The summed E-state index contributed by atoms with van der Waals surface area (Å²) in [6.45, 7) is 5.00. The number of hydrogen-bond acceptors (Lipinski definition) is 4. The van der Waals surface area contributed by atoms with Gasteiger partial charge in [0.2, 0.25) is 0 Å². The molecular weight excluding hydrogens is 353 g/mol. The number of nitrogens with zero attached hydrogens (tertiary/aromatic N) is 1. The quantitative estimate of drug-likeness (QED) is 0.724. The fourth-order valence-electron chi connectivity index (χ4n) is 2.15. The lowest BCUT2D eigenvalue weighted by Crippen LogP contribution is -2.45. The van der Waals surface area contributed by atoms with Gasteiger partial charge in [-0.3, -0.25) is 9.69 Å². The average Bonchev–Trinajstić information content (AvgIpc) is 3.03. The van der Waals surface area contributed by atoms with Gasteiger partial charge in [-0.2, -0.15) is 0 Å². The summed E-state index contributed by atoms with van der Waals surface area (Å²) in [6.07, 6.45) is 1.05. The number of amides is 1. The largest absolute Gasteiger partial charge is 0.461 e. The summed E-state index contributed by atoms with van der Waals surface area (Å²) in [5.74, 6) is -1.04. The number of furan rings is 1. The normalized spacial score (nSPS) is 12.1. The summed E-state index contributed by atoms with van der Waals surface area (Å²) in [6, 6.07) is 6.97. The molecule has 0 saturated carbocycles. The molecule has 1 aromatic carbocycles. The van der Waals surface area contributed by atoms with Crippen LogP contribution in [0.15, 0.2) is 41.0 Å². The molecule has 0 unspecified atom stereocenters. The lowest BCUT2D eigenvalue weighted by molar-refractivity contribution is -0.148. The molecule has 2 rings (SSSR count). The van der Waals surface area contributed by atoms with Gasteiger partial charge in [-0.15, -0.1) is 0 Å². The third kappa shape index (κ3) is 3.91. The molecule has 0 aliphatic heterocycles. The van der Waals surface area contributed by atoms with Crippen molar-refractivity contribution < 1.29 is 18.7 Å². The van der Waals surface area contributed by atoms with E-state index in [4.69, 9.17) is 32.4 Å². The predicted octanol–water partition coefficient (Wildman–Crippen LogP) is 4.57. The molecule has 128 valence electrons. The summed E-state index contributed by atoms with van der Waals surface area (Å²) in [5, 5.41) is 0.484. The zero-order valence-corrected chi connectivity index (χ0v) is 15.0. The summed E-state index contributed by atoms with van der Waals surface area (Å²) in [7, 11) is 0. The van der Waals surface area contributed by atoms with Crippen LogP contribution in [0.5, 0.6) is 0 Å². The Morgan fingerprint density at radius 1 is 1.08 bits per heavy atom. The number of hydrogen-bond donors (Lipinski definition) is 0. The second-order valence-corrected chi connectivity index (χ2v) is 6.20. The molecule has 0 saturated heterocycles. The SMILES string of the molecule is CC(C)OC(=O)[C@H](C)N(C(=O)c1ccco1)c1c(Cl)cccc1Cl. The number of rotatable bonds is 5. The maximum atomic E-state index is 12.8. The molecular formula is C17H17Cl2NO4. The van der Waals surface area contributed by atoms with Crippen LogP contribution in [0.4, 0.5) is 5.69 Å². The second kappa shape index (κ2) is 7.73. The first-order valence-corrected chi connectivity index (χ1v) is 8.10. The summed E-state index contributed by atoms with van der Waals surface area (Å²) >= 11 is 12.4. The van der Waals surface area contributed by atoms with Gasteiger partial charge in [0.05, 0.1) is 28.1 Å². The predicted molar refractivity (Wildman–Crippen MR) is 92.7 cm³/mol. The number of carbonyl (C=O) groups is 2. The number of carbonyl (C=O) groups excluding carboxylic acids is 2. The Kier molecular flexibility index (Phi) is 5.91. The number of anilines is 1. The second-order valence-electron chi connectivity index (χ2n) is 5.38. The van der Waals surface area contributed by atoms with Crippen molar-refractivity contribution in [2.45, 2.75) is 32.9 Å². The molecule has 24 heavy (non-hydrogen) atoms. The lowest BCUT2D eigenvalue weighted by atomic mass is 10.2. The van der Waals surface area contributed by atoms with Crippen molar-refractivity contribution >= 4 is 40.8 Å². The molecule has 0 bridgehead atoms. The van der Waals surface area contributed by atoms with Gasteiger partial charge < -0.3 is 9.15 Å². The molecule has 0 spiro atoms. The van der Waals surface area contributed by atoms with E-state index in [2.05, 4.69) is 0 Å². The maximum absolute atomic E-state index is 12.8. The first kappa shape index (κ1) is 18.4. The van der Waals surface area contributed by atoms with Crippen LogP contribution in [0.25, 0.3) is 0 Å². The van der Waals surface area contributed by atoms with Crippen LogP contribution < -0.4 is 4.90 Å². The fraction of sp³-hybridized carbons (Fsp3) is 0.294. The molecule has 2 aromatic rings. The van der Waals surface area contributed by atoms with Crippen LogP contribution in [-0.2, 0) is 9.53 Å². The summed E-state index contributed by atoms with van der Waals surface area (Å²) < 4.78 is 10.4. The smallest absolute Gasteiger partial charge is 0.329 e. The van der Waals surface area contributed by atoms with Gasteiger partial charge in [-0.1, -0.05) is 29.3 Å². The van der Waals surface area contributed by atoms with Gasteiger partial charge in [-0.25, -0.2) is 4.79 Å². The molecule has 1 heterocycles. The van der Waals surface area contributed by atoms with Crippen molar-refractivity contribution in [3.05, 3.63) is 52.4 Å².